The van der Waals surface area contributed by atoms with Gasteiger partial charge in [-0.2, -0.15) is 18.5 Å². The highest BCUT2D eigenvalue weighted by Gasteiger charge is 2.21. The Morgan fingerprint density at radius 3 is 2.57 bits per heavy atom. The first-order valence-corrected chi connectivity index (χ1v) is 17.5. The van der Waals surface area contributed by atoms with Crippen LogP contribution in [0.25, 0.3) is 22.0 Å². The summed E-state index contributed by atoms with van der Waals surface area (Å²) in [6.07, 6.45) is 13.3. The third-order valence-electron chi connectivity index (χ3n) is 7.42. The van der Waals surface area contributed by atoms with Crippen molar-refractivity contribution in [2.75, 3.05) is 24.8 Å². The maximum absolute atomic E-state index is 12.7. The van der Waals surface area contributed by atoms with Gasteiger partial charge in [-0.1, -0.05) is 0 Å². The Morgan fingerprint density at radius 1 is 1.00 bits per heavy atom. The second-order valence-electron chi connectivity index (χ2n) is 10.9. The van der Waals surface area contributed by atoms with Gasteiger partial charge in [0.1, 0.15) is 17.3 Å². The molecule has 254 valence electrons. The lowest BCUT2D eigenvalue weighted by Gasteiger charge is -2.14. The van der Waals surface area contributed by atoms with Crippen LogP contribution in [0.4, 0.5) is 17.2 Å². The van der Waals surface area contributed by atoms with Crippen LogP contribution in [0.15, 0.2) is 78.1 Å². The molecule has 0 aliphatic rings. The summed E-state index contributed by atoms with van der Waals surface area (Å²) in [4.78, 5) is 16.8. The molecule has 0 aliphatic carbocycles. The van der Waals surface area contributed by atoms with Gasteiger partial charge in [0.15, 0.2) is 0 Å². The van der Waals surface area contributed by atoms with Gasteiger partial charge in [-0.15, -0.1) is 0 Å². The molecule has 6 aromatic rings. The van der Waals surface area contributed by atoms with Gasteiger partial charge in [-0.3, -0.25) is 8.86 Å². The second-order valence-corrected chi connectivity index (χ2v) is 13.7. The van der Waals surface area contributed by atoms with Crippen LogP contribution in [0, 0.1) is 0 Å². The quantitative estimate of drug-likeness (QED) is 0.0684. The standard InChI is InChI=1S/C32H31BrClN9O5S/c1-42-19-22(17-39-42)21-15-37-32(38-16-21)48-24-13-20(12-23(35)14-24)6-4-3-5-11-47-28-8-7-27(40-30-26(33)18-36-31(34)41-30)29-25(28)9-10-43(29)49(44,45)46-2/h7-10,12-19H,3-6,11,35H2,1-2H3,(H,36,40,41). The molecule has 3 N–H and O–H groups in total. The zero-order valence-corrected chi connectivity index (χ0v) is 29.5. The molecule has 17 heteroatoms. The predicted molar refractivity (Wildman–Crippen MR) is 190 cm³/mol. The van der Waals surface area contributed by atoms with Gasteiger partial charge < -0.3 is 20.5 Å². The number of anilines is 3. The molecule has 2 aromatic carbocycles. The minimum Gasteiger partial charge on any atom is -0.493 e. The minimum absolute atomic E-state index is 0.0316. The third kappa shape index (κ3) is 8.10. The fraction of sp³-hybridized carbons (Fsp3) is 0.219. The average molecular weight is 769 g/mol. The van der Waals surface area contributed by atoms with Crippen molar-refractivity contribution in [3.63, 3.8) is 0 Å². The first-order valence-electron chi connectivity index (χ1n) is 15.0. The molecule has 0 atom stereocenters. The first-order chi connectivity index (χ1) is 23.6. The number of nitrogen functional groups attached to an aromatic ring is 1. The number of aromatic nitrogens is 7. The number of fused-ring (bicyclic) bond motifs is 1. The van der Waals surface area contributed by atoms with Gasteiger partial charge >= 0.3 is 16.3 Å². The smallest absolute Gasteiger partial charge is 0.366 e. The summed E-state index contributed by atoms with van der Waals surface area (Å²) in [7, 11) is -1.15. The number of nitrogens with one attached hydrogen (secondary N) is 1. The van der Waals surface area contributed by atoms with Crippen LogP contribution in [0.1, 0.15) is 24.8 Å². The van der Waals surface area contributed by atoms with E-state index in [0.29, 0.717) is 50.7 Å². The number of halogens is 2. The van der Waals surface area contributed by atoms with Crippen LogP contribution in [0.3, 0.4) is 0 Å². The van der Waals surface area contributed by atoms with E-state index in [0.717, 1.165) is 53.5 Å². The number of hydrogen-bond donors (Lipinski definition) is 2. The highest BCUT2D eigenvalue weighted by atomic mass is 79.9. The molecule has 4 heterocycles. The molecule has 4 aromatic heterocycles. The van der Waals surface area contributed by atoms with Crippen LogP contribution >= 0.6 is 27.5 Å². The maximum Gasteiger partial charge on any atom is 0.366 e. The number of nitrogens with two attached hydrogens (primary N) is 1. The van der Waals surface area contributed by atoms with Crippen LogP contribution in [0.5, 0.6) is 17.5 Å². The number of benzene rings is 2. The lowest BCUT2D eigenvalue weighted by atomic mass is 10.1. The SMILES string of the molecule is COS(=O)(=O)n1ccc2c(OCCCCCc3cc(N)cc(Oc4ncc(-c5cnn(C)c5)cn4)c3)ccc(Nc3nc(Cl)ncc3Br)c21. The molecule has 0 radical (unpaired) electrons. The minimum atomic E-state index is -4.10. The molecule has 14 nitrogen and oxygen atoms in total. The summed E-state index contributed by atoms with van der Waals surface area (Å²) < 4.78 is 45.6. The molecule has 6 rings (SSSR count). The Bertz CT molecular complexity index is 2210. The monoisotopic (exact) mass is 767 g/mol. The molecule has 0 aliphatic heterocycles. The number of aryl methyl sites for hydroxylation is 2. The first kappa shape index (κ1) is 34.1. The van der Waals surface area contributed by atoms with Crippen molar-refractivity contribution in [2.24, 2.45) is 7.05 Å². The Kier molecular flexibility index (Phi) is 10.3. The van der Waals surface area contributed by atoms with E-state index in [1.807, 2.05) is 25.4 Å². The lowest BCUT2D eigenvalue weighted by molar-refractivity contribution is 0.309. The Hall–Kier alpha value is -4.77. The van der Waals surface area contributed by atoms with Crippen molar-refractivity contribution in [2.45, 2.75) is 25.7 Å². The number of hydrogen-bond acceptors (Lipinski definition) is 12. The molecule has 0 saturated carbocycles. The molecule has 0 bridgehead atoms. The van der Waals surface area contributed by atoms with Gasteiger partial charge in [-0.05, 0) is 89.1 Å². The molecule has 0 unspecified atom stereocenters. The van der Waals surface area contributed by atoms with E-state index in [1.165, 1.54) is 12.4 Å². The largest absolute Gasteiger partial charge is 0.493 e. The third-order valence-corrected chi connectivity index (χ3v) is 9.39. The van der Waals surface area contributed by atoms with E-state index < -0.39 is 10.3 Å². The molecule has 0 saturated heterocycles. The Balaban J connectivity index is 1.06. The number of ether oxygens (including phenoxy) is 2. The van der Waals surface area contributed by atoms with Crippen molar-refractivity contribution in [3.05, 3.63) is 88.9 Å². The van der Waals surface area contributed by atoms with Crippen molar-refractivity contribution in [1.29, 1.82) is 0 Å². The lowest BCUT2D eigenvalue weighted by Crippen LogP contribution is -2.13. The van der Waals surface area contributed by atoms with Crippen molar-refractivity contribution < 1.29 is 22.1 Å². The molecule has 49 heavy (non-hydrogen) atoms. The summed E-state index contributed by atoms with van der Waals surface area (Å²) in [5.74, 6) is 1.45. The number of unbranched alkanes of at least 4 members (excludes halogenated alkanes) is 2. The fourth-order valence-electron chi connectivity index (χ4n) is 5.13. The van der Waals surface area contributed by atoms with Crippen molar-refractivity contribution in [3.8, 4) is 28.6 Å². The van der Waals surface area contributed by atoms with Gasteiger partial charge in [0.2, 0.25) is 5.28 Å². The summed E-state index contributed by atoms with van der Waals surface area (Å²) in [5, 5.41) is 7.91. The Morgan fingerprint density at radius 2 is 1.82 bits per heavy atom. The maximum atomic E-state index is 12.7. The predicted octanol–water partition coefficient (Wildman–Crippen LogP) is 6.69. The van der Waals surface area contributed by atoms with Crippen molar-refractivity contribution >= 4 is 65.9 Å². The van der Waals surface area contributed by atoms with Crippen LogP contribution < -0.4 is 20.5 Å². The van der Waals surface area contributed by atoms with Crippen LogP contribution in [-0.2, 0) is 28.0 Å². The van der Waals surface area contributed by atoms with Crippen molar-refractivity contribution in [1.82, 2.24) is 33.7 Å². The number of rotatable bonds is 14. The average Bonchev–Trinajstić information content (AvgIpc) is 3.73. The topological polar surface area (TPSA) is 174 Å². The Labute approximate surface area is 295 Å². The normalized spacial score (nSPS) is 11.6. The molecule has 0 fully saturated rings. The zero-order chi connectivity index (χ0) is 34.5. The summed E-state index contributed by atoms with van der Waals surface area (Å²) in [6, 6.07) is 11.0. The van der Waals surface area contributed by atoms with Crippen LogP contribution in [0.2, 0.25) is 5.28 Å². The van der Waals surface area contributed by atoms with E-state index >= 15 is 0 Å². The van der Waals surface area contributed by atoms with Gasteiger partial charge in [0.05, 0.1) is 35.6 Å². The highest BCUT2D eigenvalue weighted by Crippen LogP contribution is 2.36. The van der Waals surface area contributed by atoms with Crippen LogP contribution in [-0.4, -0.2) is 55.8 Å². The van der Waals surface area contributed by atoms with E-state index in [9.17, 15) is 8.42 Å². The van der Waals surface area contributed by atoms with E-state index in [1.54, 1.807) is 47.5 Å². The molecular formula is C32H31BrClN9O5S. The van der Waals surface area contributed by atoms with E-state index in [-0.39, 0.29) is 11.3 Å². The summed E-state index contributed by atoms with van der Waals surface area (Å²) >= 11 is 9.37. The van der Waals surface area contributed by atoms with Gasteiger partial charge in [0, 0.05) is 66.3 Å². The summed E-state index contributed by atoms with van der Waals surface area (Å²) in [6.45, 7) is 0.425. The number of nitrogens with zero attached hydrogens (tertiary/aromatic N) is 7. The van der Waals surface area contributed by atoms with Gasteiger partial charge in [0.25, 0.3) is 0 Å². The van der Waals surface area contributed by atoms with Gasteiger partial charge in [-0.25, -0.2) is 18.9 Å². The highest BCUT2D eigenvalue weighted by molar-refractivity contribution is 9.10. The fourth-order valence-corrected chi connectivity index (χ4v) is 6.35. The van der Waals surface area contributed by atoms with E-state index in [2.05, 4.69) is 46.3 Å². The molecular weight excluding hydrogens is 738 g/mol. The molecule has 0 spiro atoms. The van der Waals surface area contributed by atoms with E-state index in [4.69, 9.17) is 31.0 Å². The zero-order valence-electron chi connectivity index (χ0n) is 26.4. The summed E-state index contributed by atoms with van der Waals surface area (Å²) in [5.41, 5.74) is 10.3. The second kappa shape index (κ2) is 14.8. The molecule has 0 amide bonds.